The van der Waals surface area contributed by atoms with Gasteiger partial charge in [-0.1, -0.05) is 29.8 Å². The second-order valence-corrected chi connectivity index (χ2v) is 7.87. The van der Waals surface area contributed by atoms with E-state index in [0.29, 0.717) is 18.6 Å². The normalized spacial score (nSPS) is 46.5. The van der Waals surface area contributed by atoms with E-state index in [2.05, 4.69) is 40.6 Å². The van der Waals surface area contributed by atoms with E-state index < -0.39 is 6.29 Å². The maximum Gasteiger partial charge on any atom is 0.160 e. The molecule has 1 aliphatic carbocycles. The summed E-state index contributed by atoms with van der Waals surface area (Å²) in [4.78, 5) is 2.69. The zero-order valence-corrected chi connectivity index (χ0v) is 13.1. The van der Waals surface area contributed by atoms with Crippen LogP contribution in [0.25, 0.3) is 0 Å². The highest BCUT2D eigenvalue weighted by atomic mass is 16.6. The molecule has 1 unspecified atom stereocenters. The zero-order valence-electron chi connectivity index (χ0n) is 13.1. The molecule has 4 heteroatoms. The lowest BCUT2D eigenvalue weighted by atomic mass is 9.55. The molecule has 1 aromatic rings. The number of nitrogens with one attached hydrogen (secondary N) is 1. The third-order valence-electron chi connectivity index (χ3n) is 7.27. The van der Waals surface area contributed by atoms with E-state index in [1.165, 1.54) is 36.2 Å². The van der Waals surface area contributed by atoms with Gasteiger partial charge in [0.1, 0.15) is 0 Å². The summed E-state index contributed by atoms with van der Waals surface area (Å²) >= 11 is 0. The summed E-state index contributed by atoms with van der Waals surface area (Å²) in [7, 11) is 0. The van der Waals surface area contributed by atoms with Crippen molar-refractivity contribution in [2.75, 3.05) is 25.0 Å². The van der Waals surface area contributed by atoms with Gasteiger partial charge in [0, 0.05) is 35.6 Å². The summed E-state index contributed by atoms with van der Waals surface area (Å²) in [6.07, 6.45) is 3.93. The lowest BCUT2D eigenvalue weighted by molar-refractivity contribution is -0.152. The lowest BCUT2D eigenvalue weighted by Crippen LogP contribution is -2.64. The number of para-hydroxylation sites is 1. The highest BCUT2D eigenvalue weighted by molar-refractivity contribution is 5.65. The van der Waals surface area contributed by atoms with Gasteiger partial charge in [-0.15, -0.1) is 0 Å². The van der Waals surface area contributed by atoms with Crippen molar-refractivity contribution < 1.29 is 9.84 Å². The Labute approximate surface area is 136 Å². The number of aliphatic hydroxyl groups excluding tert-OH is 1. The number of hydrogen-bond donors (Lipinski definition) is 2. The number of aliphatic hydroxyl groups is 1. The largest absolute Gasteiger partial charge is 0.381 e. The van der Waals surface area contributed by atoms with Crippen molar-refractivity contribution in [2.24, 2.45) is 11.8 Å². The second-order valence-electron chi connectivity index (χ2n) is 7.87. The Kier molecular flexibility index (Phi) is 2.36. The van der Waals surface area contributed by atoms with Crippen molar-refractivity contribution >= 4 is 5.69 Å². The first-order valence-corrected chi connectivity index (χ1v) is 8.88. The number of fused-ring (bicyclic) bond motifs is 2. The fourth-order valence-electron chi connectivity index (χ4n) is 6.45. The Hall–Kier alpha value is -1.36. The number of rotatable bonds is 0. The molecule has 6 atom stereocenters. The molecule has 2 saturated heterocycles. The van der Waals surface area contributed by atoms with Gasteiger partial charge in [0.25, 0.3) is 0 Å². The van der Waals surface area contributed by atoms with Gasteiger partial charge in [0.05, 0.1) is 6.61 Å². The number of piperidine rings is 1. The van der Waals surface area contributed by atoms with Crippen LogP contribution in [0.3, 0.4) is 0 Å². The third kappa shape index (κ3) is 1.40. The summed E-state index contributed by atoms with van der Waals surface area (Å²) < 4.78 is 5.75. The molecule has 4 aliphatic heterocycles. The van der Waals surface area contributed by atoms with Crippen LogP contribution in [-0.4, -0.2) is 48.1 Å². The quantitative estimate of drug-likeness (QED) is 0.716. The first kappa shape index (κ1) is 13.0. The summed E-state index contributed by atoms with van der Waals surface area (Å²) in [6.45, 7) is 2.79. The number of ether oxygens (including phenoxy) is 1. The Morgan fingerprint density at radius 1 is 1.30 bits per heavy atom. The van der Waals surface area contributed by atoms with Crippen molar-refractivity contribution in [3.05, 3.63) is 41.5 Å². The van der Waals surface area contributed by atoms with Crippen LogP contribution in [0.15, 0.2) is 35.9 Å². The van der Waals surface area contributed by atoms with Gasteiger partial charge in [0.2, 0.25) is 0 Å². The zero-order chi connectivity index (χ0) is 15.2. The van der Waals surface area contributed by atoms with Gasteiger partial charge in [0.15, 0.2) is 6.29 Å². The molecular weight excluding hydrogens is 288 g/mol. The molecule has 4 heterocycles. The molecule has 0 amide bonds. The molecule has 6 rings (SSSR count). The van der Waals surface area contributed by atoms with Crippen LogP contribution < -0.4 is 5.32 Å². The van der Waals surface area contributed by atoms with Gasteiger partial charge >= 0.3 is 0 Å². The summed E-state index contributed by atoms with van der Waals surface area (Å²) in [5.41, 5.74) is 4.39. The Balaban J connectivity index is 1.59. The average molecular weight is 310 g/mol. The lowest BCUT2D eigenvalue weighted by Gasteiger charge is -2.55. The predicted molar refractivity (Wildman–Crippen MR) is 87.1 cm³/mol. The van der Waals surface area contributed by atoms with E-state index in [0.717, 1.165) is 6.54 Å². The molecule has 1 spiro atoms. The number of benzene rings is 1. The molecule has 5 aliphatic rings. The van der Waals surface area contributed by atoms with E-state index >= 15 is 0 Å². The van der Waals surface area contributed by atoms with Crippen molar-refractivity contribution in [1.82, 2.24) is 4.90 Å². The van der Waals surface area contributed by atoms with Gasteiger partial charge in [-0.05, 0) is 36.9 Å². The van der Waals surface area contributed by atoms with Gasteiger partial charge in [-0.25, -0.2) is 0 Å². The number of anilines is 1. The van der Waals surface area contributed by atoms with Crippen LogP contribution in [0.4, 0.5) is 5.69 Å². The fourth-order valence-corrected chi connectivity index (χ4v) is 6.45. The molecule has 23 heavy (non-hydrogen) atoms. The molecule has 4 nitrogen and oxygen atoms in total. The molecule has 1 saturated carbocycles. The molecule has 1 aromatic carbocycles. The molecule has 2 N–H and O–H groups in total. The Morgan fingerprint density at radius 2 is 2.22 bits per heavy atom. The summed E-state index contributed by atoms with van der Waals surface area (Å²) in [6, 6.07) is 9.68. The standard InChI is InChI=1S/C19H22N2O2/c22-18-16-12-9-15-19(6-7-21(15)10-11(12)5-8-23-18)13-3-1-2-4-14(13)20-17(16)19/h1-5,12,15-18,20,22H,6-10H2/t12-,15-,16?,17-,18+,19+/m0/s1. The van der Waals surface area contributed by atoms with E-state index in [1.54, 1.807) is 0 Å². The minimum Gasteiger partial charge on any atom is -0.381 e. The average Bonchev–Trinajstić information content (AvgIpc) is 3.06. The SMILES string of the molecule is O[C@@H]1OCC=C2CN3CC[C@]45c6ccccc6N[C@H]4C1[C@H]2C[C@H]35. The molecular formula is C19H22N2O2. The molecule has 120 valence electrons. The first-order chi connectivity index (χ1) is 11.3. The predicted octanol–water partition coefficient (Wildman–Crippen LogP) is 1.72. The van der Waals surface area contributed by atoms with Crippen LogP contribution in [-0.2, 0) is 10.2 Å². The van der Waals surface area contributed by atoms with Crippen molar-refractivity contribution in [2.45, 2.75) is 36.6 Å². The highest BCUT2D eigenvalue weighted by Gasteiger charge is 2.66. The molecule has 2 bridgehead atoms. The summed E-state index contributed by atoms with van der Waals surface area (Å²) in [5.74, 6) is 0.624. The maximum atomic E-state index is 10.8. The van der Waals surface area contributed by atoms with Gasteiger partial charge < -0.3 is 15.2 Å². The third-order valence-corrected chi connectivity index (χ3v) is 7.27. The van der Waals surface area contributed by atoms with Gasteiger partial charge in [-0.2, -0.15) is 0 Å². The van der Waals surface area contributed by atoms with Crippen LogP contribution in [0.1, 0.15) is 18.4 Å². The highest BCUT2D eigenvalue weighted by Crippen LogP contribution is 2.62. The number of nitrogens with zero attached hydrogens (tertiary/aromatic N) is 1. The Morgan fingerprint density at radius 3 is 3.17 bits per heavy atom. The van der Waals surface area contributed by atoms with Crippen LogP contribution in [0.5, 0.6) is 0 Å². The minimum atomic E-state index is -0.662. The molecule has 0 aromatic heterocycles. The minimum absolute atomic E-state index is 0.151. The van der Waals surface area contributed by atoms with Crippen molar-refractivity contribution in [1.29, 1.82) is 0 Å². The van der Waals surface area contributed by atoms with E-state index in [1.807, 2.05) is 0 Å². The van der Waals surface area contributed by atoms with E-state index in [9.17, 15) is 5.11 Å². The summed E-state index contributed by atoms with van der Waals surface area (Å²) in [5, 5.41) is 14.6. The topological polar surface area (TPSA) is 44.7 Å². The van der Waals surface area contributed by atoms with Crippen molar-refractivity contribution in [3.8, 4) is 0 Å². The van der Waals surface area contributed by atoms with E-state index in [4.69, 9.17) is 4.74 Å². The second kappa shape index (κ2) is 4.18. The smallest absolute Gasteiger partial charge is 0.160 e. The fraction of sp³-hybridized carbons (Fsp3) is 0.579. The maximum absolute atomic E-state index is 10.8. The van der Waals surface area contributed by atoms with E-state index in [-0.39, 0.29) is 17.4 Å². The Bertz CT molecular complexity index is 717. The van der Waals surface area contributed by atoms with Crippen LogP contribution in [0, 0.1) is 11.8 Å². The van der Waals surface area contributed by atoms with Crippen LogP contribution in [0.2, 0.25) is 0 Å². The van der Waals surface area contributed by atoms with Crippen molar-refractivity contribution in [3.63, 3.8) is 0 Å². The monoisotopic (exact) mass is 310 g/mol. The van der Waals surface area contributed by atoms with Gasteiger partial charge in [-0.3, -0.25) is 4.90 Å². The van der Waals surface area contributed by atoms with Crippen LogP contribution >= 0.6 is 0 Å². The first-order valence-electron chi connectivity index (χ1n) is 8.88. The molecule has 3 fully saturated rings. The molecule has 0 radical (unpaired) electrons. The number of hydrogen-bond acceptors (Lipinski definition) is 4.